The molecule has 2 aliphatic rings. The monoisotopic (exact) mass is 358 g/mol. The number of fused-ring (bicyclic) bond motifs is 3. The largest absolute Gasteiger partial charge is 0.490 e. The molecule has 0 spiro atoms. The van der Waals surface area contributed by atoms with Crippen LogP contribution >= 0.6 is 12.2 Å². The fraction of sp³-hybridized carbons (Fsp3) is 0.235. The van der Waals surface area contributed by atoms with Crippen LogP contribution in [0.2, 0.25) is 0 Å². The van der Waals surface area contributed by atoms with Gasteiger partial charge in [-0.15, -0.1) is 0 Å². The Labute approximate surface area is 147 Å². The maximum Gasteiger partial charge on any atom is 0.172 e. The second-order valence-corrected chi connectivity index (χ2v) is 6.35. The number of aromatic nitrogens is 1. The molecule has 1 aliphatic carbocycles. The zero-order valence-corrected chi connectivity index (χ0v) is 13.6. The summed E-state index contributed by atoms with van der Waals surface area (Å²) in [6.07, 6.45) is 1.43. The number of nitriles is 1. The summed E-state index contributed by atoms with van der Waals surface area (Å²) in [6.45, 7) is 0.313. The molecule has 0 bridgehead atoms. The van der Waals surface area contributed by atoms with E-state index in [1.165, 1.54) is 6.20 Å². The predicted octanol–water partition coefficient (Wildman–Crippen LogP) is 2.69. The van der Waals surface area contributed by atoms with Crippen LogP contribution in [-0.4, -0.2) is 22.7 Å². The Morgan fingerprint density at radius 3 is 2.80 bits per heavy atom. The van der Waals surface area contributed by atoms with Crippen LogP contribution in [0.1, 0.15) is 17.0 Å². The minimum Gasteiger partial charge on any atom is -0.490 e. The summed E-state index contributed by atoms with van der Waals surface area (Å²) in [5.41, 5.74) is 0.719. The number of pyridine rings is 1. The Balaban J connectivity index is 1.45. The molecule has 0 saturated heterocycles. The lowest BCUT2D eigenvalue weighted by Crippen LogP contribution is -2.32. The van der Waals surface area contributed by atoms with Gasteiger partial charge < -0.3 is 15.4 Å². The van der Waals surface area contributed by atoms with Crippen molar-refractivity contribution in [2.75, 3.05) is 11.9 Å². The standard InChI is InChI=1S/C17H12F2N4OS/c18-10-2-3-11(19)16-14(10)13-9(7-24-16)15(13)23-17(25)22-12-4-1-8(5-20)6-21-12/h1-4,6,9,13,15H,7H2,(H2,21,22,23,25). The van der Waals surface area contributed by atoms with Crippen molar-refractivity contribution < 1.29 is 13.5 Å². The molecule has 1 fully saturated rings. The highest BCUT2D eigenvalue weighted by atomic mass is 32.1. The minimum atomic E-state index is -0.553. The Kier molecular flexibility index (Phi) is 3.73. The van der Waals surface area contributed by atoms with Crippen LogP contribution in [0.4, 0.5) is 14.6 Å². The van der Waals surface area contributed by atoms with Crippen molar-refractivity contribution in [3.05, 3.63) is 53.2 Å². The summed E-state index contributed by atoms with van der Waals surface area (Å²) in [6, 6.07) is 7.31. The van der Waals surface area contributed by atoms with Gasteiger partial charge >= 0.3 is 0 Å². The van der Waals surface area contributed by atoms with E-state index in [1.54, 1.807) is 12.1 Å². The number of ether oxygens (including phenoxy) is 1. The van der Waals surface area contributed by atoms with Gasteiger partial charge in [-0.25, -0.2) is 13.8 Å². The van der Waals surface area contributed by atoms with Gasteiger partial charge in [-0.1, -0.05) is 0 Å². The summed E-state index contributed by atoms with van der Waals surface area (Å²) in [4.78, 5) is 4.07. The topological polar surface area (TPSA) is 70.0 Å². The number of hydrogen-bond acceptors (Lipinski definition) is 4. The van der Waals surface area contributed by atoms with E-state index in [0.29, 0.717) is 23.1 Å². The highest BCUT2D eigenvalue weighted by molar-refractivity contribution is 7.80. The summed E-state index contributed by atoms with van der Waals surface area (Å²) < 4.78 is 33.3. The lowest BCUT2D eigenvalue weighted by molar-refractivity contribution is 0.260. The Morgan fingerprint density at radius 1 is 1.28 bits per heavy atom. The molecule has 2 aromatic rings. The molecule has 3 unspecified atom stereocenters. The molecule has 3 atom stereocenters. The number of rotatable bonds is 2. The van der Waals surface area contributed by atoms with Gasteiger partial charge in [0.15, 0.2) is 16.7 Å². The van der Waals surface area contributed by atoms with E-state index in [1.807, 2.05) is 6.07 Å². The van der Waals surface area contributed by atoms with Gasteiger partial charge in [0, 0.05) is 29.6 Å². The normalized spacial score (nSPS) is 22.7. The van der Waals surface area contributed by atoms with Crippen molar-refractivity contribution in [3.63, 3.8) is 0 Å². The molecule has 8 heteroatoms. The van der Waals surface area contributed by atoms with Gasteiger partial charge in [0.1, 0.15) is 17.7 Å². The number of anilines is 1. The average molecular weight is 358 g/mol. The average Bonchev–Trinajstić information content (AvgIpc) is 3.31. The number of benzene rings is 1. The van der Waals surface area contributed by atoms with Crippen molar-refractivity contribution in [1.29, 1.82) is 5.26 Å². The summed E-state index contributed by atoms with van der Waals surface area (Å²) in [5, 5.41) is 15.1. The number of nitrogens with one attached hydrogen (secondary N) is 2. The maximum absolute atomic E-state index is 14.1. The maximum atomic E-state index is 14.1. The molecule has 1 saturated carbocycles. The van der Waals surface area contributed by atoms with E-state index in [2.05, 4.69) is 15.6 Å². The molecule has 1 aliphatic heterocycles. The van der Waals surface area contributed by atoms with Crippen LogP contribution in [0.25, 0.3) is 0 Å². The molecular formula is C17H12F2N4OS. The van der Waals surface area contributed by atoms with E-state index >= 15 is 0 Å². The van der Waals surface area contributed by atoms with E-state index in [4.69, 9.17) is 22.2 Å². The minimum absolute atomic E-state index is 0.00168. The zero-order chi connectivity index (χ0) is 17.6. The number of nitrogens with zero attached hydrogens (tertiary/aromatic N) is 2. The third-order valence-corrected chi connectivity index (χ3v) is 4.67. The molecule has 0 amide bonds. The summed E-state index contributed by atoms with van der Waals surface area (Å²) in [7, 11) is 0. The highest BCUT2D eigenvalue weighted by Gasteiger charge is 2.57. The van der Waals surface area contributed by atoms with Crippen LogP contribution in [0.5, 0.6) is 5.75 Å². The first kappa shape index (κ1) is 15.7. The molecular weight excluding hydrogens is 346 g/mol. The van der Waals surface area contributed by atoms with Gasteiger partial charge in [-0.05, 0) is 36.5 Å². The molecule has 2 heterocycles. The van der Waals surface area contributed by atoms with Gasteiger partial charge in [0.2, 0.25) is 0 Å². The molecule has 1 aromatic carbocycles. The van der Waals surface area contributed by atoms with Gasteiger partial charge in [0.05, 0.1) is 12.2 Å². The number of thiocarbonyl (C=S) groups is 1. The van der Waals surface area contributed by atoms with Crippen molar-refractivity contribution in [3.8, 4) is 11.8 Å². The van der Waals surface area contributed by atoms with Gasteiger partial charge in [-0.3, -0.25) is 0 Å². The molecule has 2 N–H and O–H groups in total. The smallest absolute Gasteiger partial charge is 0.172 e. The number of halogens is 2. The molecule has 1 aromatic heterocycles. The van der Waals surface area contributed by atoms with Gasteiger partial charge in [0.25, 0.3) is 0 Å². The molecule has 5 nitrogen and oxygen atoms in total. The summed E-state index contributed by atoms with van der Waals surface area (Å²) >= 11 is 5.26. The number of hydrogen-bond donors (Lipinski definition) is 2. The van der Waals surface area contributed by atoms with E-state index in [9.17, 15) is 8.78 Å². The van der Waals surface area contributed by atoms with Crippen LogP contribution in [0.15, 0.2) is 30.5 Å². The third-order valence-electron chi connectivity index (χ3n) is 4.45. The lowest BCUT2D eigenvalue weighted by Gasteiger charge is -2.16. The molecule has 126 valence electrons. The van der Waals surface area contributed by atoms with E-state index in [0.717, 1.165) is 12.1 Å². The van der Waals surface area contributed by atoms with Crippen LogP contribution in [-0.2, 0) is 0 Å². The van der Waals surface area contributed by atoms with E-state index in [-0.39, 0.29) is 29.2 Å². The zero-order valence-electron chi connectivity index (χ0n) is 12.8. The fourth-order valence-corrected chi connectivity index (χ4v) is 3.44. The van der Waals surface area contributed by atoms with Crippen LogP contribution in [0, 0.1) is 28.9 Å². The Morgan fingerprint density at radius 2 is 2.08 bits per heavy atom. The highest BCUT2D eigenvalue weighted by Crippen LogP contribution is 2.55. The SMILES string of the molecule is N#Cc1ccc(NC(=S)NC2C3COc4c(F)ccc(F)c4C32)nc1. The molecule has 4 rings (SSSR count). The van der Waals surface area contributed by atoms with E-state index < -0.39 is 11.6 Å². The fourth-order valence-electron chi connectivity index (χ4n) is 3.20. The quantitative estimate of drug-likeness (QED) is 0.805. The van der Waals surface area contributed by atoms with Crippen molar-refractivity contribution >= 4 is 23.1 Å². The Hall–Kier alpha value is -2.79. The Bertz CT molecular complexity index is 897. The predicted molar refractivity (Wildman–Crippen MR) is 90.2 cm³/mol. The lowest BCUT2D eigenvalue weighted by atomic mass is 10.0. The summed E-state index contributed by atoms with van der Waals surface area (Å²) in [5.74, 6) is -0.663. The molecule has 25 heavy (non-hydrogen) atoms. The first-order valence-electron chi connectivity index (χ1n) is 7.63. The van der Waals surface area contributed by atoms with Crippen LogP contribution in [0.3, 0.4) is 0 Å². The van der Waals surface area contributed by atoms with Crippen molar-refractivity contribution in [2.45, 2.75) is 12.0 Å². The second-order valence-electron chi connectivity index (χ2n) is 5.94. The second kappa shape index (κ2) is 5.93. The van der Waals surface area contributed by atoms with Crippen LogP contribution < -0.4 is 15.4 Å². The first-order valence-corrected chi connectivity index (χ1v) is 8.03. The van der Waals surface area contributed by atoms with Gasteiger partial charge in [-0.2, -0.15) is 5.26 Å². The van der Waals surface area contributed by atoms with Crippen molar-refractivity contribution in [1.82, 2.24) is 10.3 Å². The first-order chi connectivity index (χ1) is 12.1. The van der Waals surface area contributed by atoms with Crippen molar-refractivity contribution in [2.24, 2.45) is 5.92 Å². The molecule has 0 radical (unpaired) electrons. The third kappa shape index (κ3) is 2.76.